The maximum Gasteiger partial charge on any atom is -0.00197 e. The molecule has 0 atom stereocenters. The van der Waals surface area contributed by atoms with Crippen LogP contribution in [0, 0.1) is 0 Å². The zero-order valence-electron chi connectivity index (χ0n) is 31.6. The molecule has 0 saturated carbocycles. The fourth-order valence-electron chi connectivity index (χ4n) is 10.5. The van der Waals surface area contributed by atoms with Crippen LogP contribution in [-0.4, -0.2) is 0 Å². The second-order valence-electron chi connectivity index (χ2n) is 15.9. The summed E-state index contributed by atoms with van der Waals surface area (Å²) in [5, 5.41) is 20.7. The van der Waals surface area contributed by atoms with Crippen LogP contribution in [0.5, 0.6) is 0 Å². The Morgan fingerprint density at radius 2 is 0.638 bits per heavy atom. The molecule has 0 N–H and O–H groups in total. The molecule has 0 fully saturated rings. The molecule has 0 radical (unpaired) electrons. The molecular formula is C58H34. The third-order valence-electron chi connectivity index (χ3n) is 12.9. The molecule has 0 unspecified atom stereocenters. The second-order valence-corrected chi connectivity index (χ2v) is 15.9. The molecule has 0 spiro atoms. The topological polar surface area (TPSA) is 0 Å². The highest BCUT2D eigenvalue weighted by atomic mass is 14.3. The van der Waals surface area contributed by atoms with Gasteiger partial charge in [0.25, 0.3) is 0 Å². The normalized spacial score (nSPS) is 12.1. The molecule has 0 aromatic heterocycles. The Morgan fingerprint density at radius 3 is 1.34 bits per heavy atom. The molecule has 266 valence electrons. The lowest BCUT2D eigenvalue weighted by molar-refractivity contribution is 1.59. The van der Waals surface area contributed by atoms with Gasteiger partial charge in [0.05, 0.1) is 0 Å². The minimum Gasteiger partial charge on any atom is -0.0622 e. The largest absolute Gasteiger partial charge is 0.0622 e. The maximum absolute atomic E-state index is 2.49. The van der Waals surface area contributed by atoms with E-state index in [1.807, 2.05) is 0 Å². The molecule has 13 aromatic rings. The van der Waals surface area contributed by atoms with Gasteiger partial charge < -0.3 is 0 Å². The van der Waals surface area contributed by atoms with Crippen molar-refractivity contribution >= 4 is 86.2 Å². The van der Waals surface area contributed by atoms with Crippen LogP contribution in [0.3, 0.4) is 0 Å². The summed E-state index contributed by atoms with van der Waals surface area (Å²) in [6.45, 7) is 0. The van der Waals surface area contributed by atoms with Crippen molar-refractivity contribution in [2.24, 2.45) is 0 Å². The second kappa shape index (κ2) is 12.0. The van der Waals surface area contributed by atoms with Gasteiger partial charge in [-0.1, -0.05) is 194 Å². The SMILES string of the molecule is c1ccc(-c2ccccc2-c2ccc3c(-c4ccc5ccc6cccc7ccc4c5c67)c4ccccc4c(-c4cc5cccc6ccc7cccc4c7c65)c3c2)cc1. The Labute approximate surface area is 335 Å². The fourth-order valence-corrected chi connectivity index (χ4v) is 10.5. The average Bonchev–Trinajstić information content (AvgIpc) is 3.29. The summed E-state index contributed by atoms with van der Waals surface area (Å²) >= 11 is 0. The average molecular weight is 731 g/mol. The third-order valence-corrected chi connectivity index (χ3v) is 12.9. The molecule has 0 aliphatic rings. The third kappa shape index (κ3) is 4.40. The summed E-state index contributed by atoms with van der Waals surface area (Å²) < 4.78 is 0. The predicted octanol–water partition coefficient (Wildman–Crippen LogP) is 16.5. The van der Waals surface area contributed by atoms with Crippen LogP contribution in [0.2, 0.25) is 0 Å². The van der Waals surface area contributed by atoms with Crippen LogP contribution in [0.15, 0.2) is 206 Å². The van der Waals surface area contributed by atoms with E-state index in [9.17, 15) is 0 Å². The molecule has 0 amide bonds. The lowest BCUT2D eigenvalue weighted by atomic mass is 9.80. The summed E-state index contributed by atoms with van der Waals surface area (Å²) in [5.74, 6) is 0. The van der Waals surface area contributed by atoms with Gasteiger partial charge in [-0.2, -0.15) is 0 Å². The first kappa shape index (κ1) is 31.6. The van der Waals surface area contributed by atoms with E-state index in [2.05, 4.69) is 206 Å². The summed E-state index contributed by atoms with van der Waals surface area (Å²) in [6.07, 6.45) is 0. The molecular weight excluding hydrogens is 697 g/mol. The monoisotopic (exact) mass is 730 g/mol. The van der Waals surface area contributed by atoms with Gasteiger partial charge in [0.2, 0.25) is 0 Å². The summed E-state index contributed by atoms with van der Waals surface area (Å²) in [6, 6.07) is 77.3. The van der Waals surface area contributed by atoms with E-state index >= 15 is 0 Å². The molecule has 0 aliphatic heterocycles. The van der Waals surface area contributed by atoms with Crippen LogP contribution < -0.4 is 0 Å². The van der Waals surface area contributed by atoms with Gasteiger partial charge in [-0.05, 0) is 143 Å². The summed E-state index contributed by atoms with van der Waals surface area (Å²) in [4.78, 5) is 0. The first-order valence-corrected chi connectivity index (χ1v) is 20.3. The van der Waals surface area contributed by atoms with Crippen molar-refractivity contribution in [1.82, 2.24) is 0 Å². The van der Waals surface area contributed by atoms with Gasteiger partial charge in [-0.25, -0.2) is 0 Å². The predicted molar refractivity (Wildman–Crippen MR) is 251 cm³/mol. The van der Waals surface area contributed by atoms with Crippen LogP contribution in [0.25, 0.3) is 131 Å². The molecule has 0 aliphatic carbocycles. The van der Waals surface area contributed by atoms with Gasteiger partial charge in [0.15, 0.2) is 0 Å². The zero-order valence-corrected chi connectivity index (χ0v) is 31.6. The fraction of sp³-hybridized carbons (Fsp3) is 0. The van der Waals surface area contributed by atoms with Crippen LogP contribution in [0.4, 0.5) is 0 Å². The highest BCUT2D eigenvalue weighted by molar-refractivity contribution is 6.33. The van der Waals surface area contributed by atoms with Crippen molar-refractivity contribution in [3.05, 3.63) is 206 Å². The highest BCUT2D eigenvalue weighted by Gasteiger charge is 2.23. The first-order valence-electron chi connectivity index (χ1n) is 20.3. The quantitative estimate of drug-likeness (QED) is 0.125. The van der Waals surface area contributed by atoms with Crippen molar-refractivity contribution in [1.29, 1.82) is 0 Å². The number of fused-ring (bicyclic) bond motifs is 2. The van der Waals surface area contributed by atoms with Crippen LogP contribution >= 0.6 is 0 Å². The van der Waals surface area contributed by atoms with Crippen molar-refractivity contribution in [3.63, 3.8) is 0 Å². The van der Waals surface area contributed by atoms with Crippen molar-refractivity contribution in [3.8, 4) is 44.5 Å². The Kier molecular flexibility index (Phi) is 6.54. The minimum atomic E-state index is 1.21. The molecule has 13 rings (SSSR count). The van der Waals surface area contributed by atoms with Gasteiger partial charge in [0.1, 0.15) is 0 Å². The van der Waals surface area contributed by atoms with Crippen molar-refractivity contribution in [2.75, 3.05) is 0 Å². The molecule has 13 aromatic carbocycles. The van der Waals surface area contributed by atoms with Gasteiger partial charge in [-0.15, -0.1) is 0 Å². The maximum atomic E-state index is 2.49. The smallest absolute Gasteiger partial charge is 0.00197 e. The standard InChI is InChI=1S/C58H34/c1-2-11-35(12-3-1)43-18-4-5-19-44(43)41-29-32-50-51(33-41)58(52-34-42-17-9-15-37-23-25-39-16-10-22-47(52)55(39)54(37)42)46-21-7-6-20-45(46)57(50)49-31-28-40-26-24-36-13-8-14-38-27-30-48(49)56(40)53(36)38/h1-34H. The Bertz CT molecular complexity index is 3760. The molecule has 0 bridgehead atoms. The van der Waals surface area contributed by atoms with Crippen LogP contribution in [0.1, 0.15) is 0 Å². The van der Waals surface area contributed by atoms with Crippen molar-refractivity contribution < 1.29 is 0 Å². The van der Waals surface area contributed by atoms with E-state index in [-0.39, 0.29) is 0 Å². The lowest BCUT2D eigenvalue weighted by Crippen LogP contribution is -1.95. The Balaban J connectivity index is 1.21. The van der Waals surface area contributed by atoms with Crippen LogP contribution in [-0.2, 0) is 0 Å². The van der Waals surface area contributed by atoms with E-state index < -0.39 is 0 Å². The van der Waals surface area contributed by atoms with Gasteiger partial charge in [0, 0.05) is 0 Å². The number of benzene rings is 13. The minimum absolute atomic E-state index is 1.21. The van der Waals surface area contributed by atoms with E-state index in [4.69, 9.17) is 0 Å². The Morgan fingerprint density at radius 1 is 0.190 bits per heavy atom. The van der Waals surface area contributed by atoms with Crippen molar-refractivity contribution in [2.45, 2.75) is 0 Å². The first-order chi connectivity index (χ1) is 28.8. The van der Waals surface area contributed by atoms with Gasteiger partial charge in [-0.3, -0.25) is 0 Å². The molecule has 0 heterocycles. The van der Waals surface area contributed by atoms with E-state index in [0.29, 0.717) is 0 Å². The Hall–Kier alpha value is -7.54. The molecule has 0 saturated heterocycles. The van der Waals surface area contributed by atoms with Gasteiger partial charge >= 0.3 is 0 Å². The number of hydrogen-bond acceptors (Lipinski definition) is 0. The molecule has 0 nitrogen and oxygen atoms in total. The van der Waals surface area contributed by atoms with E-state index in [0.717, 1.165) is 0 Å². The molecule has 58 heavy (non-hydrogen) atoms. The number of rotatable bonds is 4. The van der Waals surface area contributed by atoms with E-state index in [1.165, 1.54) is 131 Å². The van der Waals surface area contributed by atoms with E-state index in [1.54, 1.807) is 0 Å². The lowest BCUT2D eigenvalue weighted by Gasteiger charge is -2.22. The summed E-state index contributed by atoms with van der Waals surface area (Å²) in [5.41, 5.74) is 10.0. The summed E-state index contributed by atoms with van der Waals surface area (Å²) in [7, 11) is 0. The highest BCUT2D eigenvalue weighted by Crippen LogP contribution is 2.51. The number of hydrogen-bond donors (Lipinski definition) is 0. The zero-order chi connectivity index (χ0) is 37.9. The molecule has 0 heteroatoms.